The van der Waals surface area contributed by atoms with Crippen LogP contribution < -0.4 is 10.2 Å². The highest BCUT2D eigenvalue weighted by Crippen LogP contribution is 2.21. The monoisotopic (exact) mass is 369 g/mol. The van der Waals surface area contributed by atoms with E-state index in [2.05, 4.69) is 15.3 Å². The highest BCUT2D eigenvalue weighted by Gasteiger charge is 2.33. The molecule has 1 saturated heterocycles. The second-order valence-corrected chi connectivity index (χ2v) is 6.53. The van der Waals surface area contributed by atoms with Crippen LogP contribution in [0.1, 0.15) is 16.8 Å². The van der Waals surface area contributed by atoms with Gasteiger partial charge in [-0.1, -0.05) is 12.1 Å². The average Bonchev–Trinajstić information content (AvgIpc) is 2.69. The number of benzene rings is 1. The van der Waals surface area contributed by atoms with Gasteiger partial charge in [0.2, 0.25) is 5.91 Å². The molecule has 142 valence electrons. The van der Waals surface area contributed by atoms with Gasteiger partial charge < -0.3 is 20.2 Å². The van der Waals surface area contributed by atoms with E-state index in [9.17, 15) is 14.7 Å². The summed E-state index contributed by atoms with van der Waals surface area (Å²) in [6.45, 7) is 0.652. The van der Waals surface area contributed by atoms with Crippen LogP contribution in [0, 0.1) is 0 Å². The summed E-state index contributed by atoms with van der Waals surface area (Å²) < 4.78 is 0. The molecule has 1 aromatic heterocycles. The van der Waals surface area contributed by atoms with Crippen LogP contribution in [0.15, 0.2) is 36.5 Å². The maximum Gasteiger partial charge on any atom is 0.254 e. The van der Waals surface area contributed by atoms with Gasteiger partial charge in [0.05, 0.1) is 0 Å². The third kappa shape index (κ3) is 4.06. The highest BCUT2D eigenvalue weighted by molar-refractivity contribution is 5.99. The van der Waals surface area contributed by atoms with E-state index in [1.165, 1.54) is 4.90 Å². The third-order valence-corrected chi connectivity index (χ3v) is 4.46. The van der Waals surface area contributed by atoms with Crippen LogP contribution in [0.25, 0.3) is 11.4 Å². The van der Waals surface area contributed by atoms with Crippen molar-refractivity contribution in [2.24, 2.45) is 0 Å². The van der Waals surface area contributed by atoms with E-state index in [4.69, 9.17) is 0 Å². The summed E-state index contributed by atoms with van der Waals surface area (Å²) in [6.07, 6.45) is 1.89. The van der Waals surface area contributed by atoms with Crippen LogP contribution >= 0.6 is 0 Å². The molecule has 8 nitrogen and oxygen atoms in total. The first kappa shape index (κ1) is 18.8. The van der Waals surface area contributed by atoms with Crippen LogP contribution in [-0.2, 0) is 4.79 Å². The fraction of sp³-hybridized carbons (Fsp3) is 0.368. The maximum atomic E-state index is 13.0. The van der Waals surface area contributed by atoms with Crippen molar-refractivity contribution < 1.29 is 14.7 Å². The van der Waals surface area contributed by atoms with E-state index >= 15 is 0 Å². The van der Waals surface area contributed by atoms with Gasteiger partial charge in [-0.25, -0.2) is 9.97 Å². The Morgan fingerprint density at radius 1 is 1.37 bits per heavy atom. The summed E-state index contributed by atoms with van der Waals surface area (Å²) in [5.41, 5.74) is 1.19. The van der Waals surface area contributed by atoms with Gasteiger partial charge in [0.25, 0.3) is 5.91 Å². The molecule has 2 aromatic rings. The number of hydrogen-bond donors (Lipinski definition) is 2. The van der Waals surface area contributed by atoms with Crippen molar-refractivity contribution in [2.75, 3.05) is 38.7 Å². The minimum absolute atomic E-state index is 0.160. The highest BCUT2D eigenvalue weighted by atomic mass is 16.3. The Bertz CT molecular complexity index is 840. The van der Waals surface area contributed by atoms with Gasteiger partial charge in [0, 0.05) is 51.1 Å². The number of piperazine rings is 1. The van der Waals surface area contributed by atoms with Crippen molar-refractivity contribution in [3.05, 3.63) is 42.1 Å². The van der Waals surface area contributed by atoms with Crippen molar-refractivity contribution in [3.63, 3.8) is 0 Å². The molecular weight excluding hydrogens is 346 g/mol. The molecule has 1 aliphatic heterocycles. The second-order valence-electron chi connectivity index (χ2n) is 6.53. The van der Waals surface area contributed by atoms with Gasteiger partial charge >= 0.3 is 0 Å². The van der Waals surface area contributed by atoms with Gasteiger partial charge in [-0.15, -0.1) is 0 Å². The number of carbonyl (C=O) groups excluding carboxylic acids is 2. The minimum Gasteiger partial charge on any atom is -0.396 e. The van der Waals surface area contributed by atoms with Crippen LogP contribution in [0.5, 0.6) is 0 Å². The molecule has 0 radical (unpaired) electrons. The van der Waals surface area contributed by atoms with Gasteiger partial charge in [0.1, 0.15) is 11.9 Å². The number of aromatic nitrogens is 2. The quantitative estimate of drug-likeness (QED) is 0.798. The molecule has 1 fully saturated rings. The van der Waals surface area contributed by atoms with Crippen LogP contribution in [0.2, 0.25) is 0 Å². The standard InChI is InChI=1S/C19H23N5O3/c1-23(2)16-6-8-20-17(22-16)13-4-3-5-14(12-13)19(27)24-10-9-21-18(26)15(24)7-11-25/h3-6,8,12,15,25H,7,9-11H2,1-2H3,(H,21,26). The Labute approximate surface area is 157 Å². The number of anilines is 1. The molecule has 1 unspecified atom stereocenters. The Hall–Kier alpha value is -3.00. The number of carbonyl (C=O) groups is 2. The molecule has 8 heteroatoms. The summed E-state index contributed by atoms with van der Waals surface area (Å²) >= 11 is 0. The fourth-order valence-corrected chi connectivity index (χ4v) is 3.06. The molecule has 1 atom stereocenters. The summed E-state index contributed by atoms with van der Waals surface area (Å²) in [6, 6.07) is 8.22. The van der Waals surface area contributed by atoms with Crippen LogP contribution in [-0.4, -0.2) is 71.6 Å². The largest absolute Gasteiger partial charge is 0.396 e. The third-order valence-electron chi connectivity index (χ3n) is 4.46. The van der Waals surface area contributed by atoms with Crippen molar-refractivity contribution in [2.45, 2.75) is 12.5 Å². The Kier molecular flexibility index (Phi) is 5.66. The first-order valence-corrected chi connectivity index (χ1v) is 8.81. The number of aliphatic hydroxyl groups excluding tert-OH is 1. The molecule has 2 N–H and O–H groups in total. The summed E-state index contributed by atoms with van der Waals surface area (Å²) in [5, 5.41) is 12.0. The number of rotatable bonds is 5. The van der Waals surface area contributed by atoms with Gasteiger partial charge in [-0.3, -0.25) is 9.59 Å². The zero-order valence-electron chi connectivity index (χ0n) is 15.4. The molecule has 2 heterocycles. The number of nitrogens with zero attached hydrogens (tertiary/aromatic N) is 4. The van der Waals surface area contributed by atoms with Crippen molar-refractivity contribution in [1.29, 1.82) is 0 Å². The van der Waals surface area contributed by atoms with Crippen LogP contribution in [0.3, 0.4) is 0 Å². The first-order valence-electron chi connectivity index (χ1n) is 8.81. The second kappa shape index (κ2) is 8.13. The Balaban J connectivity index is 1.89. The lowest BCUT2D eigenvalue weighted by Gasteiger charge is -2.34. The normalized spacial score (nSPS) is 16.8. The van der Waals surface area contributed by atoms with E-state index in [0.717, 1.165) is 11.4 Å². The van der Waals surface area contributed by atoms with Gasteiger partial charge in [0.15, 0.2) is 5.82 Å². The predicted molar refractivity (Wildman–Crippen MR) is 101 cm³/mol. The lowest BCUT2D eigenvalue weighted by atomic mass is 10.0. The molecule has 2 amide bonds. The molecular formula is C19H23N5O3. The molecule has 1 aromatic carbocycles. The molecule has 0 bridgehead atoms. The number of hydrogen-bond acceptors (Lipinski definition) is 6. The van der Waals surface area contributed by atoms with E-state index < -0.39 is 6.04 Å². The molecule has 27 heavy (non-hydrogen) atoms. The Morgan fingerprint density at radius 2 is 2.19 bits per heavy atom. The molecule has 3 rings (SSSR count). The van der Waals surface area contributed by atoms with E-state index in [-0.39, 0.29) is 24.8 Å². The SMILES string of the molecule is CN(C)c1ccnc(-c2cccc(C(=O)N3CCNC(=O)C3CCO)c2)n1. The summed E-state index contributed by atoms with van der Waals surface area (Å²) in [5.74, 6) is 0.822. The number of amides is 2. The first-order chi connectivity index (χ1) is 13.0. The smallest absolute Gasteiger partial charge is 0.254 e. The topological polar surface area (TPSA) is 98.7 Å². The van der Waals surface area contributed by atoms with Crippen molar-refractivity contribution in [3.8, 4) is 11.4 Å². The molecule has 1 aliphatic rings. The predicted octanol–water partition coefficient (Wildman–Crippen LogP) is 0.533. The maximum absolute atomic E-state index is 13.0. The van der Waals surface area contributed by atoms with Crippen molar-refractivity contribution in [1.82, 2.24) is 20.2 Å². The van der Waals surface area contributed by atoms with Gasteiger partial charge in [-0.05, 0) is 24.6 Å². The summed E-state index contributed by atoms with van der Waals surface area (Å²) in [4.78, 5) is 37.3. The number of aliphatic hydroxyl groups is 1. The van der Waals surface area contributed by atoms with E-state index in [1.54, 1.807) is 24.4 Å². The van der Waals surface area contributed by atoms with Crippen LogP contribution in [0.4, 0.5) is 5.82 Å². The zero-order chi connectivity index (χ0) is 19.4. The fourth-order valence-electron chi connectivity index (χ4n) is 3.06. The van der Waals surface area contributed by atoms with Crippen molar-refractivity contribution >= 4 is 17.6 Å². The number of nitrogens with one attached hydrogen (secondary N) is 1. The zero-order valence-corrected chi connectivity index (χ0v) is 15.4. The Morgan fingerprint density at radius 3 is 2.93 bits per heavy atom. The molecule has 0 spiro atoms. The lowest BCUT2D eigenvalue weighted by molar-refractivity contribution is -0.128. The van der Waals surface area contributed by atoms with Gasteiger partial charge in [-0.2, -0.15) is 0 Å². The molecule has 0 aliphatic carbocycles. The summed E-state index contributed by atoms with van der Waals surface area (Å²) in [7, 11) is 3.80. The van der Waals surface area contributed by atoms with E-state index in [1.807, 2.05) is 31.1 Å². The minimum atomic E-state index is -0.659. The average molecular weight is 369 g/mol. The van der Waals surface area contributed by atoms with E-state index in [0.29, 0.717) is 24.5 Å². The molecule has 0 saturated carbocycles. The lowest BCUT2D eigenvalue weighted by Crippen LogP contribution is -2.57.